The molecule has 19 heavy (non-hydrogen) atoms. The Hall–Kier alpha value is -0.610. The number of carbonyl (C=O) groups excluding carboxylic acids is 1. The third-order valence-corrected chi connectivity index (χ3v) is 4.32. The van der Waals surface area contributed by atoms with E-state index in [0.29, 0.717) is 6.54 Å². The summed E-state index contributed by atoms with van der Waals surface area (Å²) in [7, 11) is 2.03. The Morgan fingerprint density at radius 2 is 1.68 bits per heavy atom. The molecule has 1 N–H and O–H groups in total. The van der Waals surface area contributed by atoms with Gasteiger partial charge in [0, 0.05) is 30.7 Å². The van der Waals surface area contributed by atoms with Gasteiger partial charge in [-0.15, -0.1) is 0 Å². The zero-order valence-corrected chi connectivity index (χ0v) is 13.5. The molecule has 0 unspecified atom stereocenters. The minimum atomic E-state index is 0.245. The zero-order valence-electron chi connectivity index (χ0n) is 13.5. The van der Waals surface area contributed by atoms with E-state index in [4.69, 9.17) is 0 Å². The van der Waals surface area contributed by atoms with Crippen molar-refractivity contribution in [2.45, 2.75) is 65.1 Å². The molecule has 112 valence electrons. The molecule has 0 radical (unpaired) electrons. The lowest BCUT2D eigenvalue weighted by atomic mass is 9.90. The number of carbonyl (C=O) groups is 1. The van der Waals surface area contributed by atoms with Gasteiger partial charge in [-0.05, 0) is 54.5 Å². The van der Waals surface area contributed by atoms with Gasteiger partial charge in [-0.3, -0.25) is 9.69 Å². The lowest BCUT2D eigenvalue weighted by Gasteiger charge is -2.40. The summed E-state index contributed by atoms with van der Waals surface area (Å²) >= 11 is 0. The van der Waals surface area contributed by atoms with Crippen LogP contribution in [0.3, 0.4) is 0 Å². The number of piperidine rings is 1. The van der Waals surface area contributed by atoms with Gasteiger partial charge in [-0.1, -0.05) is 0 Å². The molecule has 1 saturated heterocycles. The Bertz CT molecular complexity index is 286. The lowest BCUT2D eigenvalue weighted by molar-refractivity contribution is -0.136. The molecule has 1 aliphatic rings. The van der Waals surface area contributed by atoms with Crippen LogP contribution in [-0.4, -0.2) is 60.0 Å². The van der Waals surface area contributed by atoms with E-state index in [0.717, 1.165) is 25.9 Å². The number of nitrogens with zero attached hydrogens (tertiary/aromatic N) is 2. The van der Waals surface area contributed by atoms with Gasteiger partial charge in [-0.2, -0.15) is 0 Å². The van der Waals surface area contributed by atoms with Crippen LogP contribution < -0.4 is 5.32 Å². The summed E-state index contributed by atoms with van der Waals surface area (Å²) in [6, 6.07) is 0.555. The number of rotatable bonds is 5. The molecule has 0 aromatic heterocycles. The highest BCUT2D eigenvalue weighted by atomic mass is 16.2. The van der Waals surface area contributed by atoms with Gasteiger partial charge in [0.25, 0.3) is 0 Å². The van der Waals surface area contributed by atoms with E-state index in [1.807, 2.05) is 11.9 Å². The Kier molecular flexibility index (Phi) is 5.81. The van der Waals surface area contributed by atoms with Crippen LogP contribution in [0.2, 0.25) is 0 Å². The van der Waals surface area contributed by atoms with Gasteiger partial charge in [0.15, 0.2) is 0 Å². The minimum absolute atomic E-state index is 0.245. The molecule has 0 bridgehead atoms. The first-order valence-corrected chi connectivity index (χ1v) is 7.51. The Morgan fingerprint density at radius 3 is 2.05 bits per heavy atom. The first kappa shape index (κ1) is 16.4. The monoisotopic (exact) mass is 269 g/mol. The van der Waals surface area contributed by atoms with Crippen LogP contribution >= 0.6 is 0 Å². The van der Waals surface area contributed by atoms with Gasteiger partial charge < -0.3 is 10.2 Å². The zero-order chi connectivity index (χ0) is 14.6. The van der Waals surface area contributed by atoms with Crippen LogP contribution in [0.25, 0.3) is 0 Å². The molecule has 0 aromatic rings. The molecular weight excluding hydrogens is 238 g/mol. The predicted molar refractivity (Wildman–Crippen MR) is 80.3 cm³/mol. The average molecular weight is 269 g/mol. The van der Waals surface area contributed by atoms with E-state index in [9.17, 15) is 4.79 Å². The Balaban J connectivity index is 2.50. The fourth-order valence-electron chi connectivity index (χ4n) is 2.90. The first-order chi connectivity index (χ1) is 8.79. The number of hydrogen-bond acceptors (Lipinski definition) is 3. The number of amides is 1. The number of likely N-dealkylation sites (tertiary alicyclic amines) is 1. The number of nitrogens with one attached hydrogen (secondary N) is 1. The standard InChI is InChI=1S/C15H31N3O/c1-12(2)18(13(3)4)14(19)11-17-9-7-15(5,16-6)8-10-17/h12-13,16H,7-11H2,1-6H3. The SMILES string of the molecule is CNC1(C)CCN(CC(=O)N(C(C)C)C(C)C)CC1. The second-order valence-electron chi connectivity index (χ2n) is 6.58. The number of hydrogen-bond donors (Lipinski definition) is 1. The van der Waals surface area contributed by atoms with Gasteiger partial charge in [-0.25, -0.2) is 0 Å². The highest BCUT2D eigenvalue weighted by Crippen LogP contribution is 2.21. The molecule has 1 heterocycles. The van der Waals surface area contributed by atoms with E-state index in [-0.39, 0.29) is 23.5 Å². The summed E-state index contributed by atoms with van der Waals surface area (Å²) in [4.78, 5) is 16.7. The van der Waals surface area contributed by atoms with Crippen LogP contribution in [0.5, 0.6) is 0 Å². The van der Waals surface area contributed by atoms with Crippen molar-refractivity contribution in [1.82, 2.24) is 15.1 Å². The van der Waals surface area contributed by atoms with E-state index in [1.165, 1.54) is 0 Å². The highest BCUT2D eigenvalue weighted by Gasteiger charge is 2.30. The van der Waals surface area contributed by atoms with Crippen molar-refractivity contribution in [3.63, 3.8) is 0 Å². The third kappa shape index (κ3) is 4.46. The average Bonchev–Trinajstić information content (AvgIpc) is 2.31. The van der Waals surface area contributed by atoms with E-state index >= 15 is 0 Å². The Labute approximate surface area is 118 Å². The Morgan fingerprint density at radius 1 is 1.21 bits per heavy atom. The molecule has 1 rings (SSSR count). The maximum Gasteiger partial charge on any atom is 0.237 e. The largest absolute Gasteiger partial charge is 0.337 e. The summed E-state index contributed by atoms with van der Waals surface area (Å²) in [6.45, 7) is 13.2. The van der Waals surface area contributed by atoms with Crippen molar-refractivity contribution in [2.75, 3.05) is 26.7 Å². The second-order valence-corrected chi connectivity index (χ2v) is 6.58. The molecule has 0 aromatic carbocycles. The van der Waals surface area contributed by atoms with Crippen molar-refractivity contribution < 1.29 is 4.79 Å². The minimum Gasteiger partial charge on any atom is -0.337 e. The summed E-state index contributed by atoms with van der Waals surface area (Å²) in [5.74, 6) is 0.262. The van der Waals surface area contributed by atoms with Crippen LogP contribution in [0, 0.1) is 0 Å². The van der Waals surface area contributed by atoms with Gasteiger partial charge in [0.05, 0.1) is 6.54 Å². The molecule has 1 aliphatic heterocycles. The van der Waals surface area contributed by atoms with Gasteiger partial charge in [0.2, 0.25) is 5.91 Å². The smallest absolute Gasteiger partial charge is 0.237 e. The van der Waals surface area contributed by atoms with Gasteiger partial charge in [0.1, 0.15) is 0 Å². The molecule has 4 heteroatoms. The molecule has 4 nitrogen and oxygen atoms in total. The van der Waals surface area contributed by atoms with Crippen molar-refractivity contribution in [2.24, 2.45) is 0 Å². The summed E-state index contributed by atoms with van der Waals surface area (Å²) < 4.78 is 0. The van der Waals surface area contributed by atoms with Crippen LogP contribution in [0.15, 0.2) is 0 Å². The van der Waals surface area contributed by atoms with Gasteiger partial charge >= 0.3 is 0 Å². The maximum atomic E-state index is 12.4. The van der Waals surface area contributed by atoms with Crippen molar-refractivity contribution in [3.05, 3.63) is 0 Å². The topological polar surface area (TPSA) is 35.6 Å². The first-order valence-electron chi connectivity index (χ1n) is 7.51. The van der Waals surface area contributed by atoms with Crippen LogP contribution in [-0.2, 0) is 4.79 Å². The van der Waals surface area contributed by atoms with Crippen LogP contribution in [0.1, 0.15) is 47.5 Å². The molecule has 0 atom stereocenters. The van der Waals surface area contributed by atoms with Crippen LogP contribution in [0.4, 0.5) is 0 Å². The van der Waals surface area contributed by atoms with Crippen molar-refractivity contribution >= 4 is 5.91 Å². The molecule has 1 amide bonds. The summed E-state index contributed by atoms with van der Waals surface area (Å²) in [5.41, 5.74) is 0.245. The van der Waals surface area contributed by atoms with Crippen molar-refractivity contribution in [1.29, 1.82) is 0 Å². The molecule has 0 aliphatic carbocycles. The van der Waals surface area contributed by atoms with E-state index < -0.39 is 0 Å². The fraction of sp³-hybridized carbons (Fsp3) is 0.933. The normalized spacial score (nSPS) is 20.0. The summed E-state index contributed by atoms with van der Waals surface area (Å²) in [5, 5.41) is 3.39. The van der Waals surface area contributed by atoms with E-state index in [1.54, 1.807) is 0 Å². The lowest BCUT2D eigenvalue weighted by Crippen LogP contribution is -2.53. The third-order valence-electron chi connectivity index (χ3n) is 4.32. The van der Waals surface area contributed by atoms with Crippen molar-refractivity contribution in [3.8, 4) is 0 Å². The predicted octanol–water partition coefficient (Wildman–Crippen LogP) is 1.71. The second kappa shape index (κ2) is 6.71. The molecule has 1 fully saturated rings. The maximum absolute atomic E-state index is 12.4. The summed E-state index contributed by atoms with van der Waals surface area (Å²) in [6.07, 6.45) is 2.22. The highest BCUT2D eigenvalue weighted by molar-refractivity contribution is 5.78. The van der Waals surface area contributed by atoms with E-state index in [2.05, 4.69) is 44.8 Å². The molecular formula is C15H31N3O. The molecule has 0 spiro atoms. The quantitative estimate of drug-likeness (QED) is 0.825. The fourth-order valence-corrected chi connectivity index (χ4v) is 2.90. The molecule has 0 saturated carbocycles.